The third-order valence-electron chi connectivity index (χ3n) is 2.07. The van der Waals surface area contributed by atoms with E-state index >= 15 is 0 Å². The van der Waals surface area contributed by atoms with Gasteiger partial charge in [0, 0.05) is 6.42 Å². The molecule has 3 nitrogen and oxygen atoms in total. The highest BCUT2D eigenvalue weighted by Crippen LogP contribution is 2.13. The first-order valence-corrected chi connectivity index (χ1v) is 4.83. The molecule has 0 aromatic heterocycles. The number of hydrogen-bond donors (Lipinski definition) is 0. The van der Waals surface area contributed by atoms with E-state index in [-0.39, 0.29) is 6.47 Å². The zero-order chi connectivity index (χ0) is 10.1. The summed E-state index contributed by atoms with van der Waals surface area (Å²) in [6.45, 7) is 4.45. The SMILES string of the molecule is CCCCC(C)CCC(=O)OC=O. The van der Waals surface area contributed by atoms with E-state index in [9.17, 15) is 9.59 Å². The van der Waals surface area contributed by atoms with Gasteiger partial charge in [-0.05, 0) is 12.3 Å². The first-order chi connectivity index (χ1) is 6.20. The molecule has 0 spiro atoms. The van der Waals surface area contributed by atoms with Crippen LogP contribution in [0.4, 0.5) is 0 Å². The van der Waals surface area contributed by atoms with Crippen LogP contribution in [0.2, 0.25) is 0 Å². The van der Waals surface area contributed by atoms with E-state index in [0.717, 1.165) is 12.8 Å². The molecule has 0 rings (SSSR count). The monoisotopic (exact) mass is 186 g/mol. The minimum Gasteiger partial charge on any atom is -0.395 e. The lowest BCUT2D eigenvalue weighted by atomic mass is 9.99. The quantitative estimate of drug-likeness (QED) is 0.348. The van der Waals surface area contributed by atoms with Crippen molar-refractivity contribution < 1.29 is 14.3 Å². The van der Waals surface area contributed by atoms with Gasteiger partial charge in [0.25, 0.3) is 0 Å². The van der Waals surface area contributed by atoms with Gasteiger partial charge < -0.3 is 4.74 Å². The van der Waals surface area contributed by atoms with Crippen molar-refractivity contribution >= 4 is 12.4 Å². The van der Waals surface area contributed by atoms with Crippen molar-refractivity contribution in [2.45, 2.75) is 46.0 Å². The Morgan fingerprint density at radius 2 is 2.15 bits per heavy atom. The van der Waals surface area contributed by atoms with Crippen LogP contribution in [0, 0.1) is 5.92 Å². The molecule has 76 valence electrons. The average Bonchev–Trinajstić information content (AvgIpc) is 2.12. The number of carbonyl (C=O) groups excluding carboxylic acids is 2. The number of rotatable bonds is 7. The third-order valence-corrected chi connectivity index (χ3v) is 2.07. The Morgan fingerprint density at radius 3 is 2.69 bits per heavy atom. The molecule has 0 aromatic carbocycles. The van der Waals surface area contributed by atoms with Crippen LogP contribution in [-0.4, -0.2) is 12.4 Å². The van der Waals surface area contributed by atoms with Crippen LogP contribution >= 0.6 is 0 Å². The molecule has 0 radical (unpaired) electrons. The van der Waals surface area contributed by atoms with Crippen molar-refractivity contribution in [3.63, 3.8) is 0 Å². The summed E-state index contributed by atoms with van der Waals surface area (Å²) in [5, 5.41) is 0. The average molecular weight is 186 g/mol. The van der Waals surface area contributed by atoms with E-state index in [1.807, 2.05) is 0 Å². The molecule has 0 aromatic rings. The van der Waals surface area contributed by atoms with Crippen molar-refractivity contribution in [1.29, 1.82) is 0 Å². The Morgan fingerprint density at radius 1 is 1.46 bits per heavy atom. The van der Waals surface area contributed by atoms with Gasteiger partial charge in [-0.3, -0.25) is 9.59 Å². The lowest BCUT2D eigenvalue weighted by Crippen LogP contribution is -2.05. The summed E-state index contributed by atoms with van der Waals surface area (Å²) in [5.41, 5.74) is 0. The molecule has 13 heavy (non-hydrogen) atoms. The minimum absolute atomic E-state index is 0.193. The van der Waals surface area contributed by atoms with E-state index < -0.39 is 5.97 Å². The second kappa shape index (κ2) is 7.77. The topological polar surface area (TPSA) is 43.4 Å². The lowest BCUT2D eigenvalue weighted by Gasteiger charge is -2.08. The van der Waals surface area contributed by atoms with Crippen molar-refractivity contribution in [1.82, 2.24) is 0 Å². The summed E-state index contributed by atoms with van der Waals surface area (Å²) in [4.78, 5) is 20.6. The molecule has 0 bridgehead atoms. The normalized spacial score (nSPS) is 12.2. The molecule has 0 amide bonds. The summed E-state index contributed by atoms with van der Waals surface area (Å²) < 4.78 is 4.18. The molecule has 0 aliphatic rings. The fraction of sp³-hybridized carbons (Fsp3) is 0.800. The first kappa shape index (κ1) is 12.1. The summed E-state index contributed by atoms with van der Waals surface area (Å²) >= 11 is 0. The van der Waals surface area contributed by atoms with Crippen molar-refractivity contribution in [2.24, 2.45) is 5.92 Å². The number of carbonyl (C=O) groups is 2. The number of esters is 1. The second-order valence-electron chi connectivity index (χ2n) is 3.37. The van der Waals surface area contributed by atoms with Gasteiger partial charge in [0.2, 0.25) is 0 Å². The number of unbranched alkanes of at least 4 members (excludes halogenated alkanes) is 1. The lowest BCUT2D eigenvalue weighted by molar-refractivity contribution is -0.151. The maximum Gasteiger partial charge on any atom is 0.313 e. The van der Waals surface area contributed by atoms with Gasteiger partial charge in [0.1, 0.15) is 0 Å². The van der Waals surface area contributed by atoms with Gasteiger partial charge in [-0.15, -0.1) is 0 Å². The Labute approximate surface area is 79.5 Å². The van der Waals surface area contributed by atoms with Gasteiger partial charge in [-0.25, -0.2) is 0 Å². The number of hydrogen-bond acceptors (Lipinski definition) is 3. The fourth-order valence-electron chi connectivity index (χ4n) is 1.17. The summed E-state index contributed by atoms with van der Waals surface area (Å²) in [5.74, 6) is 0.123. The van der Waals surface area contributed by atoms with E-state index in [1.54, 1.807) is 0 Å². The van der Waals surface area contributed by atoms with E-state index in [4.69, 9.17) is 0 Å². The van der Waals surface area contributed by atoms with Crippen molar-refractivity contribution in [3.8, 4) is 0 Å². The van der Waals surface area contributed by atoms with Crippen LogP contribution in [0.3, 0.4) is 0 Å². The molecule has 1 unspecified atom stereocenters. The van der Waals surface area contributed by atoms with E-state index in [1.165, 1.54) is 12.8 Å². The molecule has 0 N–H and O–H groups in total. The van der Waals surface area contributed by atoms with Crippen LogP contribution in [-0.2, 0) is 14.3 Å². The standard InChI is InChI=1S/C10H18O3/c1-3-4-5-9(2)6-7-10(12)13-8-11/h8-9H,3-7H2,1-2H3. The van der Waals surface area contributed by atoms with Gasteiger partial charge in [-0.1, -0.05) is 33.1 Å². The van der Waals surface area contributed by atoms with Gasteiger partial charge in [-0.2, -0.15) is 0 Å². The Hall–Kier alpha value is -0.860. The fourth-order valence-corrected chi connectivity index (χ4v) is 1.17. The molecular weight excluding hydrogens is 168 g/mol. The van der Waals surface area contributed by atoms with Crippen LogP contribution in [0.1, 0.15) is 46.0 Å². The highest BCUT2D eigenvalue weighted by Gasteiger charge is 2.06. The summed E-state index contributed by atoms with van der Waals surface area (Å²) in [7, 11) is 0. The molecule has 0 saturated carbocycles. The van der Waals surface area contributed by atoms with Crippen LogP contribution in [0.25, 0.3) is 0 Å². The Kier molecular flexibility index (Phi) is 7.26. The number of ether oxygens (including phenoxy) is 1. The summed E-state index contributed by atoms with van der Waals surface area (Å²) in [6.07, 6.45) is 4.69. The molecule has 0 aliphatic carbocycles. The van der Waals surface area contributed by atoms with Crippen molar-refractivity contribution in [3.05, 3.63) is 0 Å². The van der Waals surface area contributed by atoms with Crippen molar-refractivity contribution in [2.75, 3.05) is 0 Å². The largest absolute Gasteiger partial charge is 0.395 e. The zero-order valence-electron chi connectivity index (χ0n) is 8.41. The van der Waals surface area contributed by atoms with Crippen LogP contribution in [0.15, 0.2) is 0 Å². The second-order valence-corrected chi connectivity index (χ2v) is 3.37. The Bertz CT molecular complexity index is 154. The predicted octanol–water partition coefficient (Wildman–Crippen LogP) is 2.29. The van der Waals surface area contributed by atoms with Gasteiger partial charge in [0.05, 0.1) is 0 Å². The van der Waals surface area contributed by atoms with E-state index in [2.05, 4.69) is 18.6 Å². The van der Waals surface area contributed by atoms with Gasteiger partial charge >= 0.3 is 12.4 Å². The first-order valence-electron chi connectivity index (χ1n) is 4.83. The Balaban J connectivity index is 3.39. The zero-order valence-corrected chi connectivity index (χ0v) is 8.41. The van der Waals surface area contributed by atoms with E-state index in [0.29, 0.717) is 12.3 Å². The highest BCUT2D eigenvalue weighted by atomic mass is 16.6. The smallest absolute Gasteiger partial charge is 0.313 e. The highest BCUT2D eigenvalue weighted by molar-refractivity contribution is 5.76. The molecule has 0 fully saturated rings. The minimum atomic E-state index is -0.418. The molecule has 3 heteroatoms. The van der Waals surface area contributed by atoms with Gasteiger partial charge in [0.15, 0.2) is 0 Å². The maximum atomic E-state index is 10.8. The van der Waals surface area contributed by atoms with Crippen LogP contribution in [0.5, 0.6) is 0 Å². The molecule has 0 saturated heterocycles. The third kappa shape index (κ3) is 7.50. The molecule has 0 aliphatic heterocycles. The molecular formula is C10H18O3. The predicted molar refractivity (Wildman–Crippen MR) is 50.1 cm³/mol. The van der Waals surface area contributed by atoms with Crippen LogP contribution < -0.4 is 0 Å². The molecule has 0 heterocycles. The summed E-state index contributed by atoms with van der Waals surface area (Å²) in [6, 6.07) is 0. The maximum absolute atomic E-state index is 10.8. The molecule has 1 atom stereocenters.